The third-order valence-electron chi connectivity index (χ3n) is 8.71. The normalized spacial score (nSPS) is 17.8. The van der Waals surface area contributed by atoms with Crippen LogP contribution in [0.4, 0.5) is 4.79 Å². The predicted molar refractivity (Wildman–Crippen MR) is 198 cm³/mol. The number of carbonyl (C=O) groups excluding carboxylic acids is 5. The highest BCUT2D eigenvalue weighted by Crippen LogP contribution is 2.24. The molecule has 0 saturated carbocycles. The van der Waals surface area contributed by atoms with Crippen LogP contribution in [0, 0.1) is 17.8 Å². The van der Waals surface area contributed by atoms with Crippen molar-refractivity contribution >= 4 is 39.6 Å². The van der Waals surface area contributed by atoms with Gasteiger partial charge in [-0.15, -0.1) is 0 Å². The van der Waals surface area contributed by atoms with Crippen molar-refractivity contribution in [2.45, 2.75) is 130 Å². The molecule has 1 saturated heterocycles. The third kappa shape index (κ3) is 15.5. The van der Waals surface area contributed by atoms with Crippen LogP contribution < -0.4 is 21.3 Å². The van der Waals surface area contributed by atoms with Crippen molar-refractivity contribution in [1.82, 2.24) is 26.2 Å². The van der Waals surface area contributed by atoms with Gasteiger partial charge < -0.3 is 36.0 Å². The Hall–Kier alpha value is -3.72. The number of carbonyl (C=O) groups is 5. The van der Waals surface area contributed by atoms with Gasteiger partial charge in [0.2, 0.25) is 23.6 Å². The smallest absolute Gasteiger partial charge is 0.408 e. The van der Waals surface area contributed by atoms with Gasteiger partial charge in [-0.3, -0.25) is 19.2 Å². The fourth-order valence-electron chi connectivity index (χ4n) is 6.05. The van der Waals surface area contributed by atoms with E-state index in [-0.39, 0.29) is 30.6 Å². The lowest BCUT2D eigenvalue weighted by Crippen LogP contribution is -2.58. The van der Waals surface area contributed by atoms with Crippen LogP contribution in [-0.2, 0) is 40.3 Å². The molecule has 2 rings (SSSR count). The van der Waals surface area contributed by atoms with E-state index in [9.17, 15) is 37.5 Å². The molecule has 0 radical (unpaired) electrons. The molecule has 1 unspecified atom stereocenters. The molecule has 6 atom stereocenters. The van der Waals surface area contributed by atoms with Gasteiger partial charge >= 0.3 is 6.09 Å². The van der Waals surface area contributed by atoms with Crippen LogP contribution in [0.25, 0.3) is 0 Å². The first-order valence-electron chi connectivity index (χ1n) is 18.2. The fraction of sp³-hybridized carbons (Fsp3) is 0.703. The molecule has 294 valence electrons. The Morgan fingerprint density at radius 2 is 1.58 bits per heavy atom. The summed E-state index contributed by atoms with van der Waals surface area (Å²) >= 11 is 0. The molecule has 5 amide bonds. The lowest BCUT2D eigenvalue weighted by atomic mass is 9.91. The first-order valence-corrected chi connectivity index (χ1v) is 20.2. The zero-order chi connectivity index (χ0) is 39.4. The van der Waals surface area contributed by atoms with Gasteiger partial charge in [0.15, 0.2) is 0 Å². The van der Waals surface area contributed by atoms with E-state index in [1.165, 1.54) is 0 Å². The number of alkyl carbamates (subject to hydrolysis) is 1. The minimum Gasteiger partial charge on any atom is -0.444 e. The standard InChI is InChI=1S/C37H61N5O9S/c1-23(2)20-28(30(43)21-25(5)35(47)42-18-13-16-29(42)33(45)38-22-26-14-11-10-12-15-26)40-32(44)27(17-19-52(9,49)50)39-34(46)31(24(3)4)41-36(48)51-37(6,7)8/h10-12,14-15,23-25,27-31,43H,13,16-22H2,1-9H3,(H,38,45)(H,39,46)(H,40,44)(H,41,48)/t25-,27+,28+,29?,30+,31+/m1/s1. The van der Waals surface area contributed by atoms with Crippen LogP contribution in [0.2, 0.25) is 0 Å². The molecular weight excluding hydrogens is 690 g/mol. The van der Waals surface area contributed by atoms with Gasteiger partial charge in [0.25, 0.3) is 0 Å². The van der Waals surface area contributed by atoms with Gasteiger partial charge in [0.1, 0.15) is 33.6 Å². The quantitative estimate of drug-likeness (QED) is 0.150. The number of benzene rings is 1. The fourth-order valence-corrected chi connectivity index (χ4v) is 6.72. The maximum atomic E-state index is 13.7. The molecule has 1 fully saturated rings. The Kier molecular flexibility index (Phi) is 17.0. The zero-order valence-electron chi connectivity index (χ0n) is 32.2. The van der Waals surface area contributed by atoms with Gasteiger partial charge in [-0.1, -0.05) is 65.0 Å². The van der Waals surface area contributed by atoms with Crippen molar-refractivity contribution in [1.29, 1.82) is 0 Å². The molecule has 0 aromatic heterocycles. The Balaban J connectivity index is 2.17. The first-order chi connectivity index (χ1) is 24.1. The summed E-state index contributed by atoms with van der Waals surface area (Å²) in [6, 6.07) is 5.59. The van der Waals surface area contributed by atoms with Crippen molar-refractivity contribution in [3.63, 3.8) is 0 Å². The van der Waals surface area contributed by atoms with E-state index < -0.39 is 81.2 Å². The monoisotopic (exact) mass is 751 g/mol. The SMILES string of the molecule is CC(C)C[C@H](NC(=O)[C@H](CCS(C)(=O)=O)NC(=O)[C@@H](NC(=O)OC(C)(C)C)C(C)C)[C@@H](O)C[C@@H](C)C(=O)N1CCCC1C(=O)NCc1ccccc1. The number of aliphatic hydroxyl groups excluding tert-OH is 1. The third-order valence-corrected chi connectivity index (χ3v) is 9.69. The highest BCUT2D eigenvalue weighted by Gasteiger charge is 2.38. The second-order valence-electron chi connectivity index (χ2n) is 15.7. The van der Waals surface area contributed by atoms with Crippen molar-refractivity contribution in [3.05, 3.63) is 35.9 Å². The number of nitrogens with zero attached hydrogens (tertiary/aromatic N) is 1. The van der Waals surface area contributed by atoms with Crippen molar-refractivity contribution in [2.75, 3.05) is 18.6 Å². The second kappa shape index (κ2) is 19.9. The first kappa shape index (κ1) is 44.4. The molecule has 0 bridgehead atoms. The predicted octanol–water partition coefficient (Wildman–Crippen LogP) is 2.68. The minimum atomic E-state index is -3.53. The molecule has 15 heteroatoms. The molecule has 0 aliphatic carbocycles. The largest absolute Gasteiger partial charge is 0.444 e. The molecule has 1 heterocycles. The number of rotatable bonds is 18. The molecule has 14 nitrogen and oxygen atoms in total. The molecule has 1 aliphatic heterocycles. The summed E-state index contributed by atoms with van der Waals surface area (Å²) in [6.45, 7) is 14.7. The number of ether oxygens (including phenoxy) is 1. The Bertz CT molecular complexity index is 1460. The zero-order valence-corrected chi connectivity index (χ0v) is 33.0. The summed E-state index contributed by atoms with van der Waals surface area (Å²) in [5.41, 5.74) is 0.124. The molecule has 1 aromatic rings. The highest BCUT2D eigenvalue weighted by molar-refractivity contribution is 7.90. The van der Waals surface area contributed by atoms with Crippen LogP contribution in [0.1, 0.15) is 93.1 Å². The van der Waals surface area contributed by atoms with Gasteiger partial charge in [-0.05, 0) is 70.3 Å². The number of sulfone groups is 1. The summed E-state index contributed by atoms with van der Waals surface area (Å²) in [4.78, 5) is 67.9. The average Bonchev–Trinajstić information content (AvgIpc) is 3.52. The Morgan fingerprint density at radius 3 is 2.13 bits per heavy atom. The van der Waals surface area contributed by atoms with Gasteiger partial charge in [-0.25, -0.2) is 13.2 Å². The van der Waals surface area contributed by atoms with Crippen LogP contribution >= 0.6 is 0 Å². The summed E-state index contributed by atoms with van der Waals surface area (Å²) in [6.07, 6.45) is 0.269. The van der Waals surface area contributed by atoms with E-state index in [1.54, 1.807) is 46.4 Å². The van der Waals surface area contributed by atoms with E-state index >= 15 is 0 Å². The molecule has 0 spiro atoms. The van der Waals surface area contributed by atoms with E-state index in [2.05, 4.69) is 21.3 Å². The number of amides is 5. The van der Waals surface area contributed by atoms with Crippen LogP contribution in [0.3, 0.4) is 0 Å². The Morgan fingerprint density at radius 1 is 0.942 bits per heavy atom. The number of aliphatic hydroxyl groups is 1. The highest BCUT2D eigenvalue weighted by atomic mass is 32.2. The van der Waals surface area contributed by atoms with E-state index in [4.69, 9.17) is 4.74 Å². The second-order valence-corrected chi connectivity index (χ2v) is 17.9. The van der Waals surface area contributed by atoms with Gasteiger partial charge in [0, 0.05) is 25.3 Å². The molecular formula is C37H61N5O9S. The van der Waals surface area contributed by atoms with Gasteiger partial charge in [-0.2, -0.15) is 0 Å². The summed E-state index contributed by atoms with van der Waals surface area (Å²) in [5.74, 6) is -3.43. The van der Waals surface area contributed by atoms with E-state index in [0.29, 0.717) is 32.4 Å². The molecule has 1 aliphatic rings. The number of likely N-dealkylation sites (tertiary alicyclic amines) is 1. The van der Waals surface area contributed by atoms with Crippen LogP contribution in [0.15, 0.2) is 30.3 Å². The molecule has 1 aromatic carbocycles. The van der Waals surface area contributed by atoms with Gasteiger partial charge in [0.05, 0.1) is 17.9 Å². The number of hydrogen-bond donors (Lipinski definition) is 5. The van der Waals surface area contributed by atoms with E-state index in [1.807, 2.05) is 44.2 Å². The van der Waals surface area contributed by atoms with Crippen LogP contribution in [0.5, 0.6) is 0 Å². The summed E-state index contributed by atoms with van der Waals surface area (Å²) < 4.78 is 29.5. The number of nitrogens with one attached hydrogen (secondary N) is 4. The van der Waals surface area contributed by atoms with Crippen molar-refractivity contribution in [3.8, 4) is 0 Å². The summed E-state index contributed by atoms with van der Waals surface area (Å²) in [5, 5.41) is 22.3. The maximum Gasteiger partial charge on any atom is 0.408 e. The average molecular weight is 752 g/mol. The maximum absolute atomic E-state index is 13.7. The number of hydrogen-bond acceptors (Lipinski definition) is 9. The lowest BCUT2D eigenvalue weighted by Gasteiger charge is -2.32. The lowest BCUT2D eigenvalue weighted by molar-refractivity contribution is -0.142. The van der Waals surface area contributed by atoms with E-state index in [0.717, 1.165) is 11.8 Å². The Labute approximate surface area is 309 Å². The van der Waals surface area contributed by atoms with Crippen molar-refractivity contribution in [2.24, 2.45) is 17.8 Å². The molecule has 52 heavy (non-hydrogen) atoms. The topological polar surface area (TPSA) is 200 Å². The minimum absolute atomic E-state index is 0.00893. The molecule has 5 N–H and O–H groups in total. The van der Waals surface area contributed by atoms with Crippen LogP contribution in [-0.4, -0.2) is 103 Å². The summed E-state index contributed by atoms with van der Waals surface area (Å²) in [7, 11) is -3.53. The van der Waals surface area contributed by atoms with Crippen molar-refractivity contribution < 1.29 is 42.2 Å².